The Labute approximate surface area is 168 Å². The number of oxazole rings is 1. The van der Waals surface area contributed by atoms with Crippen LogP contribution in [-0.2, 0) is 4.79 Å². The van der Waals surface area contributed by atoms with Crippen LogP contribution >= 0.6 is 15.9 Å². The first kappa shape index (κ1) is 18.1. The van der Waals surface area contributed by atoms with Crippen molar-refractivity contribution in [3.05, 3.63) is 70.7 Å². The smallest absolute Gasteiger partial charge is 0.261 e. The first-order valence-corrected chi connectivity index (χ1v) is 9.27. The number of nitrogens with one attached hydrogen (secondary N) is 1. The third-order valence-corrected chi connectivity index (χ3v) is 4.87. The van der Waals surface area contributed by atoms with Crippen LogP contribution in [0.4, 0.5) is 5.69 Å². The molecule has 28 heavy (non-hydrogen) atoms. The Bertz CT molecular complexity index is 1060. The second-order valence-corrected chi connectivity index (χ2v) is 7.11. The molecule has 3 amide bonds. The number of hydrogen-bond acceptors (Lipinski definition) is 5. The van der Waals surface area contributed by atoms with E-state index in [1.54, 1.807) is 48.7 Å². The molecule has 4 rings (SSSR count). The van der Waals surface area contributed by atoms with Gasteiger partial charge in [-0.3, -0.25) is 19.3 Å². The van der Waals surface area contributed by atoms with Gasteiger partial charge in [-0.1, -0.05) is 15.9 Å². The number of imide groups is 1. The lowest BCUT2D eigenvalue weighted by Gasteiger charge is -2.13. The second kappa shape index (κ2) is 7.40. The Hall–Kier alpha value is -3.26. The largest absolute Gasteiger partial charge is 0.444 e. The number of anilines is 1. The highest BCUT2D eigenvalue weighted by molar-refractivity contribution is 9.10. The zero-order chi connectivity index (χ0) is 19.7. The number of fused-ring (bicyclic) bond motifs is 1. The van der Waals surface area contributed by atoms with Crippen molar-refractivity contribution in [2.75, 3.05) is 11.9 Å². The van der Waals surface area contributed by atoms with E-state index in [2.05, 4.69) is 26.2 Å². The van der Waals surface area contributed by atoms with Crippen LogP contribution in [0.2, 0.25) is 0 Å². The van der Waals surface area contributed by atoms with Crippen LogP contribution in [0.15, 0.2) is 63.9 Å². The van der Waals surface area contributed by atoms with Gasteiger partial charge in [-0.15, -0.1) is 0 Å². The Morgan fingerprint density at radius 3 is 2.54 bits per heavy atom. The molecule has 0 bridgehead atoms. The quantitative estimate of drug-likeness (QED) is 0.611. The van der Waals surface area contributed by atoms with Gasteiger partial charge >= 0.3 is 0 Å². The number of hydrogen-bond donors (Lipinski definition) is 1. The first-order chi connectivity index (χ1) is 13.5. The van der Waals surface area contributed by atoms with Crippen LogP contribution in [0.25, 0.3) is 11.3 Å². The van der Waals surface area contributed by atoms with Gasteiger partial charge in [0.2, 0.25) is 5.91 Å². The molecule has 3 aromatic rings. The molecule has 0 atom stereocenters. The molecule has 2 aromatic carbocycles. The minimum Gasteiger partial charge on any atom is -0.444 e. The summed E-state index contributed by atoms with van der Waals surface area (Å²) in [4.78, 5) is 42.0. The lowest BCUT2D eigenvalue weighted by Crippen LogP contribution is -2.32. The summed E-state index contributed by atoms with van der Waals surface area (Å²) in [6, 6.07) is 12.0. The van der Waals surface area contributed by atoms with E-state index in [4.69, 9.17) is 4.42 Å². The number of amides is 3. The molecule has 1 N–H and O–H groups in total. The van der Waals surface area contributed by atoms with Crippen molar-refractivity contribution in [1.82, 2.24) is 9.88 Å². The lowest BCUT2D eigenvalue weighted by molar-refractivity contribution is -0.116. The molecule has 7 nitrogen and oxygen atoms in total. The van der Waals surface area contributed by atoms with Crippen LogP contribution in [0.1, 0.15) is 27.1 Å². The SMILES string of the molecule is O=C(CCN1C(=O)c2ccc(Br)cc2C1=O)Nc1ccc(-c2cnco2)cc1. The number of halogens is 1. The predicted molar refractivity (Wildman–Crippen MR) is 105 cm³/mol. The molecule has 0 spiro atoms. The maximum atomic E-state index is 12.4. The van der Waals surface area contributed by atoms with Crippen molar-refractivity contribution in [2.45, 2.75) is 6.42 Å². The first-order valence-electron chi connectivity index (χ1n) is 8.47. The summed E-state index contributed by atoms with van der Waals surface area (Å²) < 4.78 is 5.94. The summed E-state index contributed by atoms with van der Waals surface area (Å²) in [5, 5.41) is 2.76. The molecule has 0 saturated carbocycles. The molecule has 1 aromatic heterocycles. The molecule has 2 heterocycles. The standard InChI is InChI=1S/C20H14BrN3O4/c21-13-3-6-15-16(9-13)20(27)24(19(15)26)8-7-18(25)23-14-4-1-12(2-5-14)17-10-22-11-28-17/h1-6,9-11H,7-8H2,(H,23,25). The molecule has 0 saturated heterocycles. The van der Waals surface area contributed by atoms with Crippen molar-refractivity contribution in [3.63, 3.8) is 0 Å². The van der Waals surface area contributed by atoms with Crippen molar-refractivity contribution in [2.24, 2.45) is 0 Å². The van der Waals surface area contributed by atoms with Gasteiger partial charge in [0.15, 0.2) is 12.2 Å². The highest BCUT2D eigenvalue weighted by Crippen LogP contribution is 2.26. The third-order valence-electron chi connectivity index (χ3n) is 4.38. The fraction of sp³-hybridized carbons (Fsp3) is 0.100. The Morgan fingerprint density at radius 2 is 1.82 bits per heavy atom. The minimum absolute atomic E-state index is 0.0104. The third kappa shape index (κ3) is 3.46. The maximum Gasteiger partial charge on any atom is 0.261 e. The van der Waals surface area contributed by atoms with E-state index in [0.717, 1.165) is 14.9 Å². The Balaban J connectivity index is 1.36. The van der Waals surface area contributed by atoms with Crippen LogP contribution in [0.5, 0.6) is 0 Å². The van der Waals surface area contributed by atoms with E-state index in [1.807, 2.05) is 0 Å². The average Bonchev–Trinajstić information content (AvgIpc) is 3.29. The van der Waals surface area contributed by atoms with Gasteiger partial charge < -0.3 is 9.73 Å². The maximum absolute atomic E-state index is 12.4. The number of carbonyl (C=O) groups excluding carboxylic acids is 3. The average molecular weight is 440 g/mol. The normalized spacial score (nSPS) is 13.0. The molecule has 0 unspecified atom stereocenters. The number of benzene rings is 2. The van der Waals surface area contributed by atoms with Crippen molar-refractivity contribution < 1.29 is 18.8 Å². The van der Waals surface area contributed by atoms with Crippen LogP contribution < -0.4 is 5.32 Å². The number of aromatic nitrogens is 1. The van der Waals surface area contributed by atoms with Gasteiger partial charge in [0.1, 0.15) is 0 Å². The number of carbonyl (C=O) groups is 3. The Morgan fingerprint density at radius 1 is 1.07 bits per heavy atom. The number of nitrogens with zero attached hydrogens (tertiary/aromatic N) is 2. The van der Waals surface area contributed by atoms with Gasteiger partial charge in [-0.25, -0.2) is 4.98 Å². The van der Waals surface area contributed by atoms with Gasteiger partial charge in [0, 0.05) is 28.7 Å². The van der Waals surface area contributed by atoms with E-state index < -0.39 is 0 Å². The molecule has 0 aliphatic carbocycles. The van der Waals surface area contributed by atoms with Crippen LogP contribution in [-0.4, -0.2) is 34.2 Å². The van der Waals surface area contributed by atoms with E-state index in [-0.39, 0.29) is 30.7 Å². The minimum atomic E-state index is -0.384. The summed E-state index contributed by atoms with van der Waals surface area (Å²) >= 11 is 3.29. The van der Waals surface area contributed by atoms with E-state index in [0.29, 0.717) is 22.6 Å². The molecular formula is C20H14BrN3O4. The molecule has 1 aliphatic heterocycles. The van der Waals surface area contributed by atoms with E-state index >= 15 is 0 Å². The summed E-state index contributed by atoms with van der Waals surface area (Å²) in [6.45, 7) is 0.0198. The van der Waals surface area contributed by atoms with Crippen molar-refractivity contribution in [1.29, 1.82) is 0 Å². The van der Waals surface area contributed by atoms with E-state index in [9.17, 15) is 14.4 Å². The monoisotopic (exact) mass is 439 g/mol. The second-order valence-electron chi connectivity index (χ2n) is 6.19. The molecule has 0 radical (unpaired) electrons. The van der Waals surface area contributed by atoms with Gasteiger partial charge in [0.25, 0.3) is 11.8 Å². The zero-order valence-electron chi connectivity index (χ0n) is 14.5. The molecule has 0 fully saturated rings. The molecule has 140 valence electrons. The zero-order valence-corrected chi connectivity index (χ0v) is 16.1. The fourth-order valence-corrected chi connectivity index (χ4v) is 3.34. The molecule has 8 heteroatoms. The van der Waals surface area contributed by atoms with Crippen LogP contribution in [0, 0.1) is 0 Å². The molecular weight excluding hydrogens is 426 g/mol. The van der Waals surface area contributed by atoms with Gasteiger partial charge in [-0.05, 0) is 42.5 Å². The summed E-state index contributed by atoms with van der Waals surface area (Å²) in [6.07, 6.45) is 2.97. The van der Waals surface area contributed by atoms with Crippen molar-refractivity contribution in [3.8, 4) is 11.3 Å². The summed E-state index contributed by atoms with van der Waals surface area (Å²) in [5.74, 6) is -0.414. The fourth-order valence-electron chi connectivity index (χ4n) is 2.98. The Kier molecular flexibility index (Phi) is 4.79. The molecule has 1 aliphatic rings. The summed E-state index contributed by atoms with van der Waals surface area (Å²) in [5.41, 5.74) is 2.16. The summed E-state index contributed by atoms with van der Waals surface area (Å²) in [7, 11) is 0. The van der Waals surface area contributed by atoms with Crippen LogP contribution in [0.3, 0.4) is 0 Å². The van der Waals surface area contributed by atoms with E-state index in [1.165, 1.54) is 6.39 Å². The number of rotatable bonds is 5. The lowest BCUT2D eigenvalue weighted by atomic mass is 10.1. The van der Waals surface area contributed by atoms with Gasteiger partial charge in [0.05, 0.1) is 17.3 Å². The topological polar surface area (TPSA) is 92.5 Å². The van der Waals surface area contributed by atoms with Gasteiger partial charge in [-0.2, -0.15) is 0 Å². The predicted octanol–water partition coefficient (Wildman–Crippen LogP) is 3.73. The van der Waals surface area contributed by atoms with Crippen molar-refractivity contribution >= 4 is 39.3 Å². The highest BCUT2D eigenvalue weighted by Gasteiger charge is 2.35. The highest BCUT2D eigenvalue weighted by atomic mass is 79.9.